The molecule has 0 spiro atoms. The minimum atomic E-state index is -0.928. The van der Waals surface area contributed by atoms with E-state index in [1.165, 1.54) is 4.90 Å². The predicted molar refractivity (Wildman–Crippen MR) is 141 cm³/mol. The van der Waals surface area contributed by atoms with Crippen LogP contribution in [0, 0.1) is 13.8 Å². The number of amides is 3. The summed E-state index contributed by atoms with van der Waals surface area (Å²) in [6.07, 6.45) is -0.696. The second-order valence-corrected chi connectivity index (χ2v) is 10.1. The molecule has 8 heteroatoms. The molecule has 2 rings (SSSR count). The van der Waals surface area contributed by atoms with E-state index in [4.69, 9.17) is 9.47 Å². The molecule has 2 aromatic rings. The average molecular weight is 498 g/mol. The summed E-state index contributed by atoms with van der Waals surface area (Å²) >= 11 is 0. The molecule has 0 saturated carbocycles. The van der Waals surface area contributed by atoms with Gasteiger partial charge in [-0.25, -0.2) is 4.79 Å². The molecule has 2 unspecified atom stereocenters. The standard InChI is InChI=1S/C28H39N3O5/c1-17(2)31(26(33)20(5)29-27(34)36-28(6,7)8)24(23-12-10-11-18(3)19(23)4)25(32)30-21-13-15-22(35-9)16-14-21/h10-17,20,24H,1-9H3,(H,29,34)(H,30,32). The van der Waals surface area contributed by atoms with E-state index in [0.717, 1.165) is 11.1 Å². The van der Waals surface area contributed by atoms with Crippen molar-refractivity contribution in [3.05, 3.63) is 59.2 Å². The third-order valence-electron chi connectivity index (χ3n) is 5.74. The number of anilines is 1. The largest absolute Gasteiger partial charge is 0.497 e. The van der Waals surface area contributed by atoms with Crippen LogP contribution in [-0.2, 0) is 14.3 Å². The molecule has 0 heterocycles. The predicted octanol–water partition coefficient (Wildman–Crippen LogP) is 5.14. The third-order valence-corrected chi connectivity index (χ3v) is 5.74. The van der Waals surface area contributed by atoms with E-state index in [2.05, 4.69) is 10.6 Å². The number of aryl methyl sites for hydroxylation is 1. The molecule has 0 aliphatic carbocycles. The highest BCUT2D eigenvalue weighted by Crippen LogP contribution is 2.30. The Morgan fingerprint density at radius 3 is 2.08 bits per heavy atom. The van der Waals surface area contributed by atoms with Gasteiger partial charge in [0.2, 0.25) is 5.91 Å². The SMILES string of the molecule is COc1ccc(NC(=O)C(c2cccc(C)c2C)N(C(=O)C(C)NC(=O)OC(C)(C)C)C(C)C)cc1. The van der Waals surface area contributed by atoms with Crippen molar-refractivity contribution in [2.75, 3.05) is 12.4 Å². The zero-order chi connectivity index (χ0) is 27.2. The van der Waals surface area contributed by atoms with Crippen molar-refractivity contribution in [1.29, 1.82) is 0 Å². The smallest absolute Gasteiger partial charge is 0.408 e. The van der Waals surface area contributed by atoms with E-state index >= 15 is 0 Å². The van der Waals surface area contributed by atoms with Crippen molar-refractivity contribution in [2.24, 2.45) is 0 Å². The Balaban J connectivity index is 2.46. The number of rotatable bonds is 8. The van der Waals surface area contributed by atoms with Crippen LogP contribution in [0.4, 0.5) is 10.5 Å². The van der Waals surface area contributed by atoms with Crippen molar-refractivity contribution in [3.8, 4) is 5.75 Å². The zero-order valence-electron chi connectivity index (χ0n) is 22.8. The Bertz CT molecular complexity index is 1070. The first-order valence-electron chi connectivity index (χ1n) is 12.1. The van der Waals surface area contributed by atoms with Gasteiger partial charge in [-0.2, -0.15) is 0 Å². The summed E-state index contributed by atoms with van der Waals surface area (Å²) in [5.74, 6) is -0.0906. The van der Waals surface area contributed by atoms with Gasteiger partial charge in [0.05, 0.1) is 7.11 Å². The van der Waals surface area contributed by atoms with Crippen molar-refractivity contribution in [1.82, 2.24) is 10.2 Å². The summed E-state index contributed by atoms with van der Waals surface area (Å²) in [5, 5.41) is 5.55. The molecule has 2 aromatic carbocycles. The van der Waals surface area contributed by atoms with Crippen LogP contribution < -0.4 is 15.4 Å². The van der Waals surface area contributed by atoms with Gasteiger partial charge in [-0.05, 0) is 96.3 Å². The highest BCUT2D eigenvalue weighted by molar-refractivity contribution is 5.99. The first kappa shape index (κ1) is 28.7. The Hall–Kier alpha value is -3.55. The fraction of sp³-hybridized carbons (Fsp3) is 0.464. The number of hydrogen-bond acceptors (Lipinski definition) is 5. The number of benzene rings is 2. The maximum absolute atomic E-state index is 13.8. The van der Waals surface area contributed by atoms with Crippen LogP contribution >= 0.6 is 0 Å². The number of carbonyl (C=O) groups is 3. The van der Waals surface area contributed by atoms with Crippen molar-refractivity contribution >= 4 is 23.6 Å². The highest BCUT2D eigenvalue weighted by Gasteiger charge is 2.37. The van der Waals surface area contributed by atoms with Crippen LogP contribution in [0.3, 0.4) is 0 Å². The van der Waals surface area contributed by atoms with Crippen LogP contribution in [0.25, 0.3) is 0 Å². The van der Waals surface area contributed by atoms with Crippen molar-refractivity contribution < 1.29 is 23.9 Å². The quantitative estimate of drug-likeness (QED) is 0.526. The lowest BCUT2D eigenvalue weighted by Gasteiger charge is -2.37. The first-order valence-corrected chi connectivity index (χ1v) is 12.1. The Labute approximate surface area is 214 Å². The molecule has 2 atom stereocenters. The lowest BCUT2D eigenvalue weighted by Crippen LogP contribution is -2.53. The Kier molecular flexibility index (Phi) is 9.50. The van der Waals surface area contributed by atoms with E-state index in [9.17, 15) is 14.4 Å². The Morgan fingerprint density at radius 2 is 1.56 bits per heavy atom. The highest BCUT2D eigenvalue weighted by atomic mass is 16.6. The second-order valence-electron chi connectivity index (χ2n) is 10.1. The minimum absolute atomic E-state index is 0.341. The normalized spacial score (nSPS) is 12.9. The first-order chi connectivity index (χ1) is 16.7. The maximum Gasteiger partial charge on any atom is 0.408 e. The maximum atomic E-state index is 13.8. The number of hydrogen-bond donors (Lipinski definition) is 2. The van der Waals surface area contributed by atoms with Gasteiger partial charge in [0.15, 0.2) is 0 Å². The summed E-state index contributed by atoms with van der Waals surface area (Å²) in [6.45, 7) is 14.4. The number of carbonyl (C=O) groups excluding carboxylic acids is 3. The van der Waals surface area contributed by atoms with Gasteiger partial charge in [0.25, 0.3) is 5.91 Å². The van der Waals surface area contributed by atoms with Crippen LogP contribution in [0.15, 0.2) is 42.5 Å². The molecular weight excluding hydrogens is 458 g/mol. The van der Waals surface area contributed by atoms with Gasteiger partial charge >= 0.3 is 6.09 Å². The van der Waals surface area contributed by atoms with Crippen LogP contribution in [0.1, 0.15) is 64.3 Å². The summed E-state index contributed by atoms with van der Waals surface area (Å²) in [6, 6.07) is 10.5. The number of nitrogens with zero attached hydrogens (tertiary/aromatic N) is 1. The molecule has 0 aliphatic heterocycles. The molecular formula is C28H39N3O5. The molecule has 8 nitrogen and oxygen atoms in total. The number of methoxy groups -OCH3 is 1. The summed E-state index contributed by atoms with van der Waals surface area (Å²) in [7, 11) is 1.57. The fourth-order valence-corrected chi connectivity index (χ4v) is 3.82. The van der Waals surface area contributed by atoms with Gasteiger partial charge in [0, 0.05) is 11.7 Å². The summed E-state index contributed by atoms with van der Waals surface area (Å²) in [4.78, 5) is 41.3. The monoisotopic (exact) mass is 497 g/mol. The topological polar surface area (TPSA) is 97.0 Å². The van der Waals surface area contributed by atoms with Crippen LogP contribution in [0.2, 0.25) is 0 Å². The van der Waals surface area contributed by atoms with E-state index in [1.807, 2.05) is 45.9 Å². The lowest BCUT2D eigenvalue weighted by molar-refractivity contribution is -0.142. The molecule has 0 aliphatic rings. The molecule has 0 aromatic heterocycles. The van der Waals surface area contributed by atoms with Gasteiger partial charge < -0.3 is 25.0 Å². The van der Waals surface area contributed by atoms with Gasteiger partial charge in [-0.3, -0.25) is 9.59 Å². The molecule has 0 bridgehead atoms. The molecule has 0 radical (unpaired) electrons. The van der Waals surface area contributed by atoms with Crippen molar-refractivity contribution in [2.45, 2.75) is 79.1 Å². The molecule has 2 N–H and O–H groups in total. The van der Waals surface area contributed by atoms with E-state index in [-0.39, 0.29) is 11.9 Å². The minimum Gasteiger partial charge on any atom is -0.497 e. The summed E-state index contributed by atoms with van der Waals surface area (Å²) in [5.41, 5.74) is 2.51. The molecule has 196 valence electrons. The van der Waals surface area contributed by atoms with E-state index in [0.29, 0.717) is 17.0 Å². The third kappa shape index (κ3) is 7.47. The summed E-state index contributed by atoms with van der Waals surface area (Å²) < 4.78 is 10.5. The number of ether oxygens (including phenoxy) is 2. The average Bonchev–Trinajstić information content (AvgIpc) is 2.78. The molecule has 0 saturated heterocycles. The van der Waals surface area contributed by atoms with Crippen LogP contribution in [0.5, 0.6) is 5.75 Å². The van der Waals surface area contributed by atoms with Crippen molar-refractivity contribution in [3.63, 3.8) is 0 Å². The van der Waals surface area contributed by atoms with E-state index < -0.39 is 29.7 Å². The molecule has 36 heavy (non-hydrogen) atoms. The van der Waals surface area contributed by atoms with Gasteiger partial charge in [-0.1, -0.05) is 18.2 Å². The van der Waals surface area contributed by atoms with Gasteiger partial charge in [0.1, 0.15) is 23.4 Å². The Morgan fingerprint density at radius 1 is 0.944 bits per heavy atom. The van der Waals surface area contributed by atoms with E-state index in [1.54, 1.807) is 59.1 Å². The lowest BCUT2D eigenvalue weighted by atomic mass is 9.94. The fourth-order valence-electron chi connectivity index (χ4n) is 3.82. The number of alkyl carbamates (subject to hydrolysis) is 1. The van der Waals surface area contributed by atoms with Crippen LogP contribution in [-0.4, -0.2) is 47.6 Å². The second kappa shape index (κ2) is 11.9. The molecule has 3 amide bonds. The van der Waals surface area contributed by atoms with Gasteiger partial charge in [-0.15, -0.1) is 0 Å². The molecule has 0 fully saturated rings. The number of nitrogens with one attached hydrogen (secondary N) is 2. The zero-order valence-corrected chi connectivity index (χ0v) is 22.8.